The number of anilines is 1. The number of nitrogens with one attached hydrogen (secondary N) is 1. The van der Waals surface area contributed by atoms with E-state index in [1.165, 1.54) is 6.26 Å². The van der Waals surface area contributed by atoms with Crippen LogP contribution < -0.4 is 4.90 Å². The van der Waals surface area contributed by atoms with E-state index in [9.17, 15) is 8.42 Å². The smallest absolute Gasteiger partial charge is 0.175 e. The normalized spacial score (nSPS) is 17.4. The van der Waals surface area contributed by atoms with E-state index < -0.39 is 9.84 Å². The van der Waals surface area contributed by atoms with Crippen LogP contribution in [0.2, 0.25) is 0 Å². The zero-order valence-corrected chi connectivity index (χ0v) is 18.0. The fourth-order valence-corrected chi connectivity index (χ4v) is 4.54. The van der Waals surface area contributed by atoms with Gasteiger partial charge >= 0.3 is 0 Å². The van der Waals surface area contributed by atoms with Gasteiger partial charge in [-0.3, -0.25) is 5.10 Å². The summed E-state index contributed by atoms with van der Waals surface area (Å²) in [7, 11) is -3.33. The third-order valence-corrected chi connectivity index (χ3v) is 6.59. The number of morpholine rings is 1. The van der Waals surface area contributed by atoms with Crippen LogP contribution in [0.1, 0.15) is 6.92 Å². The molecule has 9 nitrogen and oxygen atoms in total. The first-order chi connectivity index (χ1) is 14.9. The number of nitrogens with zero attached hydrogens (tertiary/aromatic N) is 5. The topological polar surface area (TPSA) is 106 Å². The molecule has 1 aliphatic rings. The SMILES string of the molecule is C[C@@H]1COCCN1c1cc(-c2cccc(S(C)(=O)=O)c2)c2cnn(-c3ccn[nH]3)c2n1. The van der Waals surface area contributed by atoms with E-state index in [1.807, 2.05) is 18.2 Å². The quantitative estimate of drug-likeness (QED) is 0.522. The van der Waals surface area contributed by atoms with Crippen molar-refractivity contribution in [2.75, 3.05) is 30.9 Å². The van der Waals surface area contributed by atoms with E-state index in [4.69, 9.17) is 9.72 Å². The molecular formula is C21H22N6O3S. The summed E-state index contributed by atoms with van der Waals surface area (Å²) in [6.45, 7) is 4.07. The second-order valence-corrected chi connectivity index (χ2v) is 9.70. The summed E-state index contributed by atoms with van der Waals surface area (Å²) in [4.78, 5) is 7.41. The zero-order chi connectivity index (χ0) is 21.6. The number of hydrogen-bond acceptors (Lipinski definition) is 7. The van der Waals surface area contributed by atoms with E-state index in [2.05, 4.69) is 27.1 Å². The van der Waals surface area contributed by atoms with Gasteiger partial charge in [0.1, 0.15) is 5.82 Å². The maximum Gasteiger partial charge on any atom is 0.175 e. The van der Waals surface area contributed by atoms with Crippen molar-refractivity contribution in [2.45, 2.75) is 17.9 Å². The number of sulfone groups is 1. The third kappa shape index (κ3) is 3.57. The number of hydrogen-bond donors (Lipinski definition) is 1. The maximum absolute atomic E-state index is 12.1. The molecule has 1 N–H and O–H groups in total. The van der Waals surface area contributed by atoms with Gasteiger partial charge in [-0.1, -0.05) is 12.1 Å². The van der Waals surface area contributed by atoms with Gasteiger partial charge in [-0.15, -0.1) is 0 Å². The van der Waals surface area contributed by atoms with E-state index in [0.717, 1.165) is 28.9 Å². The lowest BCUT2D eigenvalue weighted by Gasteiger charge is -2.34. The molecule has 4 aromatic rings. The van der Waals surface area contributed by atoms with Gasteiger partial charge < -0.3 is 9.64 Å². The highest BCUT2D eigenvalue weighted by atomic mass is 32.2. The Hall–Kier alpha value is -3.24. The Morgan fingerprint density at radius 1 is 1.23 bits per heavy atom. The second kappa shape index (κ2) is 7.47. The van der Waals surface area contributed by atoms with Crippen LogP contribution in [0.3, 0.4) is 0 Å². The van der Waals surface area contributed by atoms with Crippen LogP contribution in [-0.2, 0) is 14.6 Å². The molecular weight excluding hydrogens is 416 g/mol. The molecule has 0 saturated carbocycles. The standard InChI is InChI=1S/C21H22N6O3S/c1-14-13-30-9-8-26(14)20-11-17(15-4-3-5-16(10-15)31(2,28)29)18-12-23-27(21(18)24-20)19-6-7-22-25-19/h3-7,10-12,14H,8-9,13H2,1-2H3,(H,22,25)/t14-/m1/s1. The van der Waals surface area contributed by atoms with Crippen LogP contribution in [0.25, 0.3) is 28.0 Å². The number of aromatic nitrogens is 5. The Morgan fingerprint density at radius 3 is 2.84 bits per heavy atom. The molecule has 4 heterocycles. The molecule has 10 heteroatoms. The molecule has 1 atom stereocenters. The Balaban J connectivity index is 1.75. The predicted molar refractivity (Wildman–Crippen MR) is 117 cm³/mol. The fraction of sp³-hybridized carbons (Fsp3) is 0.286. The number of benzene rings is 1. The number of ether oxygens (including phenoxy) is 1. The molecule has 0 aliphatic carbocycles. The third-order valence-electron chi connectivity index (χ3n) is 5.48. The van der Waals surface area contributed by atoms with Gasteiger partial charge in [0.15, 0.2) is 21.3 Å². The highest BCUT2D eigenvalue weighted by Gasteiger charge is 2.23. The lowest BCUT2D eigenvalue weighted by molar-refractivity contribution is 0.0985. The van der Waals surface area contributed by atoms with Crippen molar-refractivity contribution in [1.82, 2.24) is 25.0 Å². The lowest BCUT2D eigenvalue weighted by Crippen LogP contribution is -2.44. The van der Waals surface area contributed by atoms with Gasteiger partial charge in [0, 0.05) is 24.3 Å². The summed E-state index contributed by atoms with van der Waals surface area (Å²) in [6.07, 6.45) is 4.62. The summed E-state index contributed by atoms with van der Waals surface area (Å²) < 4.78 is 31.6. The highest BCUT2D eigenvalue weighted by molar-refractivity contribution is 7.90. The molecule has 1 aliphatic heterocycles. The zero-order valence-electron chi connectivity index (χ0n) is 17.2. The van der Waals surface area contributed by atoms with Crippen molar-refractivity contribution in [3.05, 3.63) is 48.8 Å². The number of fused-ring (bicyclic) bond motifs is 1. The molecule has 0 bridgehead atoms. The van der Waals surface area contributed by atoms with Crippen molar-refractivity contribution >= 4 is 26.7 Å². The molecule has 1 fully saturated rings. The molecule has 5 rings (SSSR count). The lowest BCUT2D eigenvalue weighted by atomic mass is 10.0. The first-order valence-corrected chi connectivity index (χ1v) is 11.8. The minimum Gasteiger partial charge on any atom is -0.377 e. The van der Waals surface area contributed by atoms with E-state index in [-0.39, 0.29) is 10.9 Å². The van der Waals surface area contributed by atoms with Crippen molar-refractivity contribution in [3.63, 3.8) is 0 Å². The fourth-order valence-electron chi connectivity index (χ4n) is 3.88. The number of H-pyrrole nitrogens is 1. The predicted octanol–water partition coefficient (Wildman–Crippen LogP) is 2.44. The molecule has 1 saturated heterocycles. The molecule has 160 valence electrons. The van der Waals surface area contributed by atoms with Gasteiger partial charge in [-0.25, -0.2) is 13.4 Å². The summed E-state index contributed by atoms with van der Waals surface area (Å²) in [5, 5.41) is 12.3. The molecule has 0 amide bonds. The van der Waals surface area contributed by atoms with Gasteiger partial charge in [0.25, 0.3) is 0 Å². The van der Waals surface area contributed by atoms with Crippen LogP contribution in [-0.4, -0.2) is 65.4 Å². The molecule has 1 aromatic carbocycles. The van der Waals surface area contributed by atoms with Gasteiger partial charge in [-0.2, -0.15) is 14.9 Å². The minimum absolute atomic E-state index is 0.164. The Morgan fingerprint density at radius 2 is 2.10 bits per heavy atom. The summed E-state index contributed by atoms with van der Waals surface area (Å²) in [6, 6.07) is 11.0. The van der Waals surface area contributed by atoms with Crippen molar-refractivity contribution in [1.29, 1.82) is 0 Å². The van der Waals surface area contributed by atoms with E-state index >= 15 is 0 Å². The average Bonchev–Trinajstić information content (AvgIpc) is 3.42. The molecule has 31 heavy (non-hydrogen) atoms. The van der Waals surface area contributed by atoms with Crippen molar-refractivity contribution in [3.8, 4) is 16.9 Å². The van der Waals surface area contributed by atoms with Crippen molar-refractivity contribution < 1.29 is 13.2 Å². The Kier molecular flexibility index (Phi) is 4.75. The van der Waals surface area contributed by atoms with Gasteiger partial charge in [0.2, 0.25) is 0 Å². The number of rotatable bonds is 4. The minimum atomic E-state index is -3.33. The van der Waals surface area contributed by atoms with Gasteiger partial charge in [0.05, 0.1) is 36.5 Å². The summed E-state index contributed by atoms with van der Waals surface area (Å²) in [5.74, 6) is 1.50. The number of pyridine rings is 1. The number of aromatic amines is 1. The average molecular weight is 439 g/mol. The highest BCUT2D eigenvalue weighted by Crippen LogP contribution is 2.34. The van der Waals surface area contributed by atoms with Crippen LogP contribution in [0.4, 0.5) is 5.82 Å². The maximum atomic E-state index is 12.1. The second-order valence-electron chi connectivity index (χ2n) is 7.68. The van der Waals surface area contributed by atoms with E-state index in [1.54, 1.807) is 35.3 Å². The summed E-state index contributed by atoms with van der Waals surface area (Å²) in [5.41, 5.74) is 2.33. The Bertz CT molecular complexity index is 1350. The Labute approximate surface area is 179 Å². The van der Waals surface area contributed by atoms with Crippen molar-refractivity contribution in [2.24, 2.45) is 0 Å². The van der Waals surface area contributed by atoms with Crippen LogP contribution in [0, 0.1) is 0 Å². The van der Waals surface area contributed by atoms with Crippen LogP contribution in [0.15, 0.2) is 53.7 Å². The van der Waals surface area contributed by atoms with Gasteiger partial charge in [-0.05, 0) is 36.2 Å². The van der Waals surface area contributed by atoms with E-state index in [0.29, 0.717) is 24.7 Å². The van der Waals surface area contributed by atoms with Crippen LogP contribution >= 0.6 is 0 Å². The largest absolute Gasteiger partial charge is 0.377 e. The molecule has 3 aromatic heterocycles. The first-order valence-electron chi connectivity index (χ1n) is 9.95. The van der Waals surface area contributed by atoms with Crippen LogP contribution in [0.5, 0.6) is 0 Å². The monoisotopic (exact) mass is 438 g/mol. The molecule has 0 radical (unpaired) electrons. The molecule has 0 unspecified atom stereocenters. The molecule has 0 spiro atoms. The summed E-state index contributed by atoms with van der Waals surface area (Å²) >= 11 is 0. The first kappa shape index (κ1) is 19.7.